The van der Waals surface area contributed by atoms with Gasteiger partial charge in [0.2, 0.25) is 0 Å². The smallest absolute Gasteiger partial charge is 0.264 e. The first-order valence-corrected chi connectivity index (χ1v) is 13.2. The third kappa shape index (κ3) is 2.83. The van der Waals surface area contributed by atoms with Gasteiger partial charge in [-0.15, -0.1) is 0 Å². The van der Waals surface area contributed by atoms with Crippen molar-refractivity contribution in [2.24, 2.45) is 28.6 Å². The van der Waals surface area contributed by atoms with Gasteiger partial charge >= 0.3 is 0 Å². The fourth-order valence-corrected chi connectivity index (χ4v) is 9.08. The Labute approximate surface area is 174 Å². The predicted molar refractivity (Wildman–Crippen MR) is 108 cm³/mol. The molecule has 29 heavy (non-hydrogen) atoms. The Kier molecular flexibility index (Phi) is 4.57. The van der Waals surface area contributed by atoms with Gasteiger partial charge in [-0.1, -0.05) is 13.8 Å². The Balaban J connectivity index is 1.40. The molecule has 0 unspecified atom stereocenters. The first kappa shape index (κ1) is 20.7. The lowest BCUT2D eigenvalue weighted by Crippen LogP contribution is -2.64. The zero-order valence-corrected chi connectivity index (χ0v) is 18.8. The van der Waals surface area contributed by atoms with Crippen LogP contribution in [0.3, 0.4) is 0 Å². The molecule has 5 aliphatic rings. The number of ether oxygens (including phenoxy) is 2. The fraction of sp³-hybridized carbons (Fsp3) is 1.00. The summed E-state index contributed by atoms with van der Waals surface area (Å²) in [5, 5.41) is 11.7. The van der Waals surface area contributed by atoms with E-state index < -0.39 is 27.6 Å². The fourth-order valence-electron chi connectivity index (χ4n) is 8.42. The second-order valence-electron chi connectivity index (χ2n) is 11.0. The van der Waals surface area contributed by atoms with E-state index in [1.54, 1.807) is 0 Å². The molecule has 6 nitrogen and oxygen atoms in total. The zero-order valence-electron chi connectivity index (χ0n) is 18.0. The molecule has 5 rings (SSSR count). The van der Waals surface area contributed by atoms with Gasteiger partial charge in [0.1, 0.15) is 0 Å². The van der Waals surface area contributed by atoms with Crippen LogP contribution in [-0.4, -0.2) is 50.5 Å². The minimum atomic E-state index is -3.50. The van der Waals surface area contributed by atoms with Gasteiger partial charge in [0.15, 0.2) is 5.79 Å². The van der Waals surface area contributed by atoms with Gasteiger partial charge in [0, 0.05) is 18.3 Å². The molecule has 0 radical (unpaired) electrons. The van der Waals surface area contributed by atoms with Crippen LogP contribution in [0.1, 0.15) is 71.6 Å². The average molecular weight is 429 g/mol. The Morgan fingerprint density at radius 1 is 0.897 bits per heavy atom. The van der Waals surface area contributed by atoms with Gasteiger partial charge < -0.3 is 14.6 Å². The minimum Gasteiger partial charge on any atom is -0.389 e. The van der Waals surface area contributed by atoms with Gasteiger partial charge in [-0.3, -0.25) is 4.18 Å². The number of hydrogen-bond acceptors (Lipinski definition) is 6. The molecule has 1 heterocycles. The van der Waals surface area contributed by atoms with E-state index in [2.05, 4.69) is 13.8 Å². The van der Waals surface area contributed by atoms with E-state index in [1.165, 1.54) is 0 Å². The molecule has 0 bridgehead atoms. The summed E-state index contributed by atoms with van der Waals surface area (Å²) in [6, 6.07) is 0. The van der Waals surface area contributed by atoms with Gasteiger partial charge in [-0.2, -0.15) is 8.42 Å². The van der Waals surface area contributed by atoms with Crippen LogP contribution in [0.4, 0.5) is 0 Å². The third-order valence-electron chi connectivity index (χ3n) is 9.87. The monoisotopic (exact) mass is 428 g/mol. The van der Waals surface area contributed by atoms with E-state index in [1.807, 2.05) is 0 Å². The molecule has 166 valence electrons. The summed E-state index contributed by atoms with van der Waals surface area (Å²) < 4.78 is 41.0. The van der Waals surface area contributed by atoms with E-state index in [-0.39, 0.29) is 10.8 Å². The van der Waals surface area contributed by atoms with E-state index >= 15 is 0 Å². The molecule has 7 atom stereocenters. The van der Waals surface area contributed by atoms with Crippen molar-refractivity contribution < 1.29 is 27.2 Å². The zero-order chi connectivity index (χ0) is 20.7. The molecule has 1 N–H and O–H groups in total. The number of rotatable bonds is 2. The highest BCUT2D eigenvalue weighted by Gasteiger charge is 2.69. The van der Waals surface area contributed by atoms with Crippen molar-refractivity contribution in [3.8, 4) is 0 Å². The lowest BCUT2D eigenvalue weighted by Gasteiger charge is -2.64. The van der Waals surface area contributed by atoms with E-state index in [0.29, 0.717) is 43.8 Å². The molecule has 1 spiro atoms. The summed E-state index contributed by atoms with van der Waals surface area (Å²) in [5.74, 6) is 1.23. The normalized spacial score (nSPS) is 51.4. The van der Waals surface area contributed by atoms with Crippen LogP contribution in [0.25, 0.3) is 0 Å². The second kappa shape index (κ2) is 6.41. The van der Waals surface area contributed by atoms with E-state index in [4.69, 9.17) is 13.7 Å². The molecule has 5 fully saturated rings. The average Bonchev–Trinajstić information content (AvgIpc) is 3.21. The molecule has 1 saturated heterocycles. The molecule has 1 aliphatic heterocycles. The van der Waals surface area contributed by atoms with E-state index in [0.717, 1.165) is 51.2 Å². The van der Waals surface area contributed by atoms with Gasteiger partial charge in [0.25, 0.3) is 10.1 Å². The molecular weight excluding hydrogens is 392 g/mol. The van der Waals surface area contributed by atoms with Crippen LogP contribution in [-0.2, 0) is 23.8 Å². The Bertz CT molecular complexity index is 776. The lowest BCUT2D eigenvalue weighted by molar-refractivity contribution is -0.261. The predicted octanol–water partition coefficient (Wildman–Crippen LogP) is 3.23. The van der Waals surface area contributed by atoms with Gasteiger partial charge in [0.05, 0.1) is 31.2 Å². The maximum absolute atomic E-state index is 11.7. The van der Waals surface area contributed by atoms with Crippen LogP contribution in [0, 0.1) is 28.6 Å². The first-order chi connectivity index (χ1) is 13.5. The van der Waals surface area contributed by atoms with Crippen LogP contribution < -0.4 is 0 Å². The number of fused-ring (bicyclic) bond motifs is 6. The molecule has 0 aromatic carbocycles. The maximum Gasteiger partial charge on any atom is 0.264 e. The van der Waals surface area contributed by atoms with Crippen molar-refractivity contribution >= 4 is 10.1 Å². The summed E-state index contributed by atoms with van der Waals surface area (Å²) in [7, 11) is -3.50. The van der Waals surface area contributed by atoms with Crippen molar-refractivity contribution in [3.05, 3.63) is 0 Å². The summed E-state index contributed by atoms with van der Waals surface area (Å²) in [5.41, 5.74) is -0.957. The minimum absolute atomic E-state index is 0.0626. The Morgan fingerprint density at radius 2 is 1.52 bits per heavy atom. The Morgan fingerprint density at radius 3 is 2.21 bits per heavy atom. The quantitative estimate of drug-likeness (QED) is 0.680. The number of hydrogen-bond donors (Lipinski definition) is 1. The van der Waals surface area contributed by atoms with Crippen LogP contribution in [0.5, 0.6) is 0 Å². The molecule has 4 saturated carbocycles. The largest absolute Gasteiger partial charge is 0.389 e. The van der Waals surface area contributed by atoms with Crippen molar-refractivity contribution in [2.75, 3.05) is 19.5 Å². The topological polar surface area (TPSA) is 82.1 Å². The highest BCUT2D eigenvalue weighted by molar-refractivity contribution is 7.86. The van der Waals surface area contributed by atoms with Crippen molar-refractivity contribution in [1.29, 1.82) is 0 Å². The molecular formula is C22H36O6S. The van der Waals surface area contributed by atoms with Crippen LogP contribution in [0.2, 0.25) is 0 Å². The highest BCUT2D eigenvalue weighted by atomic mass is 32.2. The highest BCUT2D eigenvalue weighted by Crippen LogP contribution is 2.70. The third-order valence-corrected chi connectivity index (χ3v) is 10.5. The molecule has 4 aliphatic carbocycles. The molecule has 0 aromatic rings. The Hall–Kier alpha value is -0.210. The van der Waals surface area contributed by atoms with Crippen LogP contribution >= 0.6 is 0 Å². The van der Waals surface area contributed by atoms with Gasteiger partial charge in [-0.25, -0.2) is 0 Å². The lowest BCUT2D eigenvalue weighted by atomic mass is 9.43. The van der Waals surface area contributed by atoms with Crippen molar-refractivity contribution in [3.63, 3.8) is 0 Å². The molecule has 0 amide bonds. The second-order valence-corrected chi connectivity index (χ2v) is 12.6. The maximum atomic E-state index is 11.7. The van der Waals surface area contributed by atoms with Crippen molar-refractivity contribution in [2.45, 2.75) is 89.1 Å². The van der Waals surface area contributed by atoms with Gasteiger partial charge in [-0.05, 0) is 68.1 Å². The van der Waals surface area contributed by atoms with E-state index in [9.17, 15) is 13.5 Å². The van der Waals surface area contributed by atoms with Crippen LogP contribution in [0.15, 0.2) is 0 Å². The molecule has 0 aromatic heterocycles. The summed E-state index contributed by atoms with van der Waals surface area (Å²) >= 11 is 0. The molecule has 7 heteroatoms. The standard InChI is InChI=1S/C22H36O6S/c1-19-8-4-15(28-29(3,24)25)14-21(19,23)10-5-16-17(19)6-9-20(2)18(16)7-11-22(20)26-12-13-27-22/h15-18,23H,4-14H2,1-3H3/t15-,16+,17-,18-,19+,20-,21+/m0/s1. The van der Waals surface area contributed by atoms with Crippen molar-refractivity contribution in [1.82, 2.24) is 0 Å². The summed E-state index contributed by atoms with van der Waals surface area (Å²) in [4.78, 5) is 0. The first-order valence-electron chi connectivity index (χ1n) is 11.4. The summed E-state index contributed by atoms with van der Waals surface area (Å²) in [6.45, 7) is 6.05. The SMILES string of the molecule is C[C@]12CC[C@H]3[C@@H](CC[C@@]4(O)C[C@@H](OS(C)(=O)=O)CC[C@]34C)[C@@H]1CCC21OCCO1. The number of aliphatic hydroxyl groups is 1. The summed E-state index contributed by atoms with van der Waals surface area (Å²) in [6.07, 6.45) is 8.69.